The van der Waals surface area contributed by atoms with Crippen molar-refractivity contribution in [2.75, 3.05) is 0 Å². The number of hydrogen-bond donors (Lipinski definition) is 3. The van der Waals surface area contributed by atoms with Crippen molar-refractivity contribution in [2.24, 2.45) is 17.8 Å². The molecule has 434 valence electrons. The maximum Gasteiger partial charge on any atom is 0.127 e. The van der Waals surface area contributed by atoms with Gasteiger partial charge >= 0.3 is 0 Å². The van der Waals surface area contributed by atoms with Gasteiger partial charge in [0, 0.05) is 83.4 Å². The van der Waals surface area contributed by atoms with Crippen molar-refractivity contribution in [3.05, 3.63) is 197 Å². The second-order valence-electron chi connectivity index (χ2n) is 27.8. The van der Waals surface area contributed by atoms with Crippen molar-refractivity contribution in [3.63, 3.8) is 0 Å². The Morgan fingerprint density at radius 2 is 0.817 bits per heavy atom. The molecule has 0 unspecified atom stereocenters. The first kappa shape index (κ1) is 59.6. The van der Waals surface area contributed by atoms with Crippen LogP contribution in [0, 0.1) is 17.8 Å². The number of aromatic hydroxyl groups is 3. The van der Waals surface area contributed by atoms with Gasteiger partial charge in [-0.1, -0.05) is 130 Å². The molecule has 5 aromatic carbocycles. The molecule has 0 saturated heterocycles. The Labute approximate surface area is 503 Å². The number of hydrogen-bond acceptors (Lipinski definition) is 7. The van der Waals surface area contributed by atoms with Gasteiger partial charge in [-0.05, 0) is 201 Å². The van der Waals surface area contributed by atoms with E-state index < -0.39 is 0 Å². The molecule has 4 heterocycles. The fourth-order valence-electron chi connectivity index (χ4n) is 14.6. The van der Waals surface area contributed by atoms with Crippen LogP contribution in [0.15, 0.2) is 137 Å². The van der Waals surface area contributed by atoms with Gasteiger partial charge in [-0.25, -0.2) is 0 Å². The molecule has 0 radical (unpaired) electrons. The second-order valence-corrected chi connectivity index (χ2v) is 29.6. The van der Waals surface area contributed by atoms with Crippen molar-refractivity contribution in [3.8, 4) is 34.5 Å². The molecule has 0 fully saturated rings. The molecular weight excluding hydrogens is 1080 g/mol. The minimum absolute atomic E-state index is 0.159. The van der Waals surface area contributed by atoms with Crippen LogP contribution in [0.3, 0.4) is 0 Å². The molecule has 0 spiro atoms. The zero-order valence-corrected chi connectivity index (χ0v) is 53.3. The highest BCUT2D eigenvalue weighted by Gasteiger charge is 2.49. The summed E-state index contributed by atoms with van der Waals surface area (Å²) in [7, 11) is 0. The monoisotopic (exact) mass is 1160 g/mol. The minimum atomic E-state index is -0.301. The number of fused-ring (bicyclic) bond motifs is 9. The van der Waals surface area contributed by atoms with E-state index in [4.69, 9.17) is 37.4 Å². The van der Waals surface area contributed by atoms with Gasteiger partial charge in [-0.3, -0.25) is 0 Å². The van der Waals surface area contributed by atoms with Gasteiger partial charge in [-0.2, -0.15) is 0 Å². The summed E-state index contributed by atoms with van der Waals surface area (Å²) in [5.74, 6) is 5.71. The number of thiophene rings is 1. The van der Waals surface area contributed by atoms with E-state index in [1.165, 1.54) is 21.6 Å². The van der Waals surface area contributed by atoms with Gasteiger partial charge in [0.05, 0.1) is 0 Å². The van der Waals surface area contributed by atoms with Crippen LogP contribution in [-0.4, -0.2) is 32.1 Å². The molecular formula is C73H86Cl2O6S. The quantitative estimate of drug-likeness (QED) is 0.144. The summed E-state index contributed by atoms with van der Waals surface area (Å²) in [6, 6.07) is 32.4. The molecule has 3 aliphatic carbocycles. The summed E-state index contributed by atoms with van der Waals surface area (Å²) < 4.78 is 19.4. The first-order valence-electron chi connectivity index (χ1n) is 29.6. The van der Waals surface area contributed by atoms with E-state index in [9.17, 15) is 15.3 Å². The number of allylic oxidation sites excluding steroid dienone is 6. The third-order valence-corrected chi connectivity index (χ3v) is 21.6. The van der Waals surface area contributed by atoms with E-state index in [-0.39, 0.29) is 33.0 Å². The van der Waals surface area contributed by atoms with E-state index in [1.54, 1.807) is 11.3 Å². The Balaban J connectivity index is 0.000000138. The Hall–Kier alpha value is -5.60. The molecule has 1 aromatic heterocycles. The zero-order chi connectivity index (χ0) is 59.2. The molecule has 3 aliphatic heterocycles. The largest absolute Gasteiger partial charge is 0.508 e. The zero-order valence-electron chi connectivity index (χ0n) is 51.0. The van der Waals surface area contributed by atoms with Gasteiger partial charge in [0.2, 0.25) is 0 Å². The summed E-state index contributed by atoms with van der Waals surface area (Å²) in [5.41, 5.74) is 11.1. The maximum atomic E-state index is 11.1. The third-order valence-electron chi connectivity index (χ3n) is 19.9. The van der Waals surface area contributed by atoms with Crippen LogP contribution >= 0.6 is 34.5 Å². The van der Waals surface area contributed by atoms with Crippen LogP contribution in [0.5, 0.6) is 34.5 Å². The first-order valence-corrected chi connectivity index (χ1v) is 31.2. The van der Waals surface area contributed by atoms with E-state index in [0.29, 0.717) is 52.8 Å². The maximum absolute atomic E-state index is 11.1. The summed E-state index contributed by atoms with van der Waals surface area (Å²) in [5, 5.41) is 36.7. The van der Waals surface area contributed by atoms with E-state index in [2.05, 4.69) is 176 Å². The lowest BCUT2D eigenvalue weighted by molar-refractivity contribution is 0.00711. The number of benzene rings is 5. The van der Waals surface area contributed by atoms with Crippen LogP contribution < -0.4 is 14.2 Å². The van der Waals surface area contributed by atoms with Gasteiger partial charge in [0.1, 0.15) is 51.3 Å². The van der Waals surface area contributed by atoms with Gasteiger partial charge < -0.3 is 29.5 Å². The third kappa shape index (κ3) is 11.2. The Morgan fingerprint density at radius 3 is 1.18 bits per heavy atom. The van der Waals surface area contributed by atoms with Crippen molar-refractivity contribution in [1.82, 2.24) is 0 Å². The summed E-state index contributed by atoms with van der Waals surface area (Å²) >= 11 is 14.1. The van der Waals surface area contributed by atoms with Gasteiger partial charge in [-0.15, -0.1) is 11.3 Å². The fourth-order valence-corrected chi connectivity index (χ4v) is 15.8. The highest BCUT2D eigenvalue weighted by Crippen LogP contribution is 2.59. The van der Waals surface area contributed by atoms with E-state index in [1.807, 2.05) is 48.5 Å². The number of halogens is 2. The molecule has 12 rings (SSSR count). The topological polar surface area (TPSA) is 88.4 Å². The average molecular weight is 1160 g/mol. The molecule has 6 aliphatic rings. The van der Waals surface area contributed by atoms with Gasteiger partial charge in [0.25, 0.3) is 0 Å². The van der Waals surface area contributed by atoms with Crippen LogP contribution in [0.1, 0.15) is 210 Å². The normalized spacial score (nSPS) is 23.6. The molecule has 6 aromatic rings. The average Bonchev–Trinajstić information content (AvgIpc) is 3.86. The highest BCUT2D eigenvalue weighted by molar-refractivity contribution is 7.10. The Kier molecular flexibility index (Phi) is 15.8. The van der Waals surface area contributed by atoms with Gasteiger partial charge in [0.15, 0.2) is 0 Å². The molecule has 9 heteroatoms. The SMILES string of the molecule is CC1=CC[C@@H]2[C@@H](C1)c1c(O)cc(C(C)(C)c3ccc(Cl)cc3)cc1OC2(C)C.CC1=CC[C@@H]2[C@@H](C1)c1c(O)cc(C(C)(C)c3cccc(Cl)c3)cc1OC2(C)C.CC1=CC[C@@H]2[C@@H](C1)c1c(O)cc(C(C)(C)c3cccs3)cc1OC2(C)C. The van der Waals surface area contributed by atoms with Crippen LogP contribution in [0.4, 0.5) is 0 Å². The van der Waals surface area contributed by atoms with Crippen molar-refractivity contribution in [2.45, 2.75) is 193 Å². The predicted octanol–water partition coefficient (Wildman–Crippen LogP) is 20.4. The molecule has 6 nitrogen and oxygen atoms in total. The standard InChI is InChI=1S/2C25H29ClO2.C23H28O2S/c1-15-6-11-20-19(12-15)23-21(27)13-17(14-22(23)28-25(20,4)5)24(2,3)16-7-9-18(26)10-8-16;1-15-9-10-20-19(11-15)23-21(27)13-17(14-22(23)28-25(20,4)5)24(2,3)16-7-6-8-18(26)12-16;1-14-8-9-17-16(11-14)21-18(24)12-15(13-19(21)25-23(17,4)5)22(2,3)20-7-6-10-26-20/h6-10,13-14,19-20,27H,11-12H2,1-5H3;6-9,12-14,19-20,27H,10-11H2,1-5H3;6-8,10,12-13,16-17,24H,9,11H2,1-5H3/t2*19-,20-;16-,17-/m111/s1. The minimum Gasteiger partial charge on any atom is -0.508 e. The number of phenolic OH excluding ortho intramolecular Hbond substituents is 3. The van der Waals surface area contributed by atoms with Crippen molar-refractivity contribution in [1.29, 1.82) is 0 Å². The van der Waals surface area contributed by atoms with Crippen molar-refractivity contribution >= 4 is 34.5 Å². The molecule has 6 atom stereocenters. The summed E-state index contributed by atoms with van der Waals surface area (Å²) in [6.07, 6.45) is 13.0. The number of rotatable bonds is 6. The first-order chi connectivity index (χ1) is 38.4. The van der Waals surface area contributed by atoms with E-state index >= 15 is 0 Å². The fraction of sp³-hybridized carbons (Fsp3) is 0.452. The molecule has 3 N–H and O–H groups in total. The lowest BCUT2D eigenvalue weighted by Gasteiger charge is -2.47. The predicted molar refractivity (Wildman–Crippen MR) is 340 cm³/mol. The van der Waals surface area contributed by atoms with E-state index in [0.717, 1.165) is 110 Å². The molecule has 82 heavy (non-hydrogen) atoms. The second kappa shape index (κ2) is 21.8. The van der Waals surface area contributed by atoms with Crippen LogP contribution in [-0.2, 0) is 16.2 Å². The smallest absolute Gasteiger partial charge is 0.127 e. The lowest BCUT2D eigenvalue weighted by Crippen LogP contribution is -2.45. The highest BCUT2D eigenvalue weighted by atomic mass is 35.5. The summed E-state index contributed by atoms with van der Waals surface area (Å²) in [6.45, 7) is 32.7. The summed E-state index contributed by atoms with van der Waals surface area (Å²) in [4.78, 5) is 1.29. The Morgan fingerprint density at radius 1 is 0.439 bits per heavy atom. The molecule has 0 amide bonds. The molecule has 0 saturated carbocycles. The Bertz CT molecular complexity index is 3480. The van der Waals surface area contributed by atoms with Crippen LogP contribution in [0.25, 0.3) is 0 Å². The van der Waals surface area contributed by atoms with Crippen LogP contribution in [0.2, 0.25) is 10.0 Å². The molecule has 0 bridgehead atoms. The number of ether oxygens (including phenoxy) is 3. The lowest BCUT2D eigenvalue weighted by atomic mass is 9.66. The number of phenols is 3. The van der Waals surface area contributed by atoms with Crippen molar-refractivity contribution < 1.29 is 29.5 Å².